The van der Waals surface area contributed by atoms with Gasteiger partial charge in [0.25, 0.3) is 0 Å². The highest BCUT2D eigenvalue weighted by Crippen LogP contribution is 2.16. The zero-order valence-corrected chi connectivity index (χ0v) is 13.2. The Kier molecular flexibility index (Phi) is 6.80. The van der Waals surface area contributed by atoms with Gasteiger partial charge in [-0.15, -0.1) is 0 Å². The third-order valence-electron chi connectivity index (χ3n) is 3.02. The molecule has 21 heavy (non-hydrogen) atoms. The summed E-state index contributed by atoms with van der Waals surface area (Å²) in [5.41, 5.74) is 0.836. The number of sulfonamides is 1. The van der Waals surface area contributed by atoms with Crippen LogP contribution in [0.25, 0.3) is 0 Å². The predicted molar refractivity (Wildman–Crippen MR) is 80.1 cm³/mol. The molecular formula is C14H22N2O4S. The number of hydrogen-bond donors (Lipinski definition) is 2. The Bertz CT molecular complexity index is 555. The number of carbonyl (C=O) groups is 1. The van der Waals surface area contributed by atoms with Crippen molar-refractivity contribution >= 4 is 15.9 Å². The Hall–Kier alpha value is -1.44. The van der Waals surface area contributed by atoms with Crippen LogP contribution in [0.2, 0.25) is 0 Å². The second kappa shape index (κ2) is 8.11. The highest BCUT2D eigenvalue weighted by molar-refractivity contribution is 7.89. The van der Waals surface area contributed by atoms with E-state index in [0.29, 0.717) is 26.1 Å². The molecule has 6 nitrogen and oxygen atoms in total. The molecule has 0 aliphatic heterocycles. The Labute approximate surface area is 125 Å². The fourth-order valence-electron chi connectivity index (χ4n) is 1.85. The first-order chi connectivity index (χ1) is 9.91. The fourth-order valence-corrected chi connectivity index (χ4v) is 3.34. The minimum Gasteiger partial charge on any atom is -0.396 e. The Balaban J connectivity index is 2.85. The largest absolute Gasteiger partial charge is 0.396 e. The summed E-state index contributed by atoms with van der Waals surface area (Å²) >= 11 is 0. The molecule has 1 aromatic carbocycles. The monoisotopic (exact) mass is 314 g/mol. The van der Waals surface area contributed by atoms with Crippen LogP contribution in [0.1, 0.15) is 25.8 Å². The number of aliphatic hydroxyl groups excluding tert-OH is 1. The molecule has 0 heterocycles. The molecule has 0 aromatic heterocycles. The van der Waals surface area contributed by atoms with E-state index in [2.05, 4.69) is 5.32 Å². The lowest BCUT2D eigenvalue weighted by Gasteiger charge is -2.20. The summed E-state index contributed by atoms with van der Waals surface area (Å²) in [6, 6.07) is 6.44. The number of amides is 1. The number of aliphatic hydroxyl groups is 1. The number of rotatable bonds is 8. The number of nitrogens with zero attached hydrogens (tertiary/aromatic N) is 1. The van der Waals surface area contributed by atoms with Gasteiger partial charge in [0.05, 0.1) is 4.90 Å². The van der Waals surface area contributed by atoms with E-state index in [0.717, 1.165) is 5.56 Å². The summed E-state index contributed by atoms with van der Waals surface area (Å²) in [4.78, 5) is 11.1. The Morgan fingerprint density at radius 2 is 1.90 bits per heavy atom. The van der Waals surface area contributed by atoms with E-state index in [1.165, 1.54) is 23.4 Å². The quantitative estimate of drug-likeness (QED) is 0.740. The highest BCUT2D eigenvalue weighted by Gasteiger charge is 2.22. The Morgan fingerprint density at radius 3 is 2.38 bits per heavy atom. The molecular weight excluding hydrogens is 292 g/mol. The minimum atomic E-state index is -3.54. The maximum absolute atomic E-state index is 12.4. The molecule has 0 saturated carbocycles. The zero-order chi connectivity index (χ0) is 15.9. The van der Waals surface area contributed by atoms with Crippen molar-refractivity contribution in [3.05, 3.63) is 29.8 Å². The van der Waals surface area contributed by atoms with E-state index in [9.17, 15) is 13.2 Å². The van der Waals surface area contributed by atoms with Gasteiger partial charge in [0, 0.05) is 33.2 Å². The van der Waals surface area contributed by atoms with Crippen molar-refractivity contribution in [3.8, 4) is 0 Å². The molecule has 0 bridgehead atoms. The lowest BCUT2D eigenvalue weighted by Crippen LogP contribution is -2.32. The van der Waals surface area contributed by atoms with E-state index in [1.807, 2.05) is 0 Å². The van der Waals surface area contributed by atoms with Gasteiger partial charge in [-0.3, -0.25) is 4.79 Å². The molecule has 0 saturated heterocycles. The van der Waals surface area contributed by atoms with Crippen LogP contribution in [-0.4, -0.2) is 43.4 Å². The second-order valence-corrected chi connectivity index (χ2v) is 6.57. The maximum atomic E-state index is 12.4. The van der Waals surface area contributed by atoms with Gasteiger partial charge in [-0.1, -0.05) is 19.1 Å². The second-order valence-electron chi connectivity index (χ2n) is 4.63. The van der Waals surface area contributed by atoms with Gasteiger partial charge in [0.15, 0.2) is 0 Å². The number of carbonyl (C=O) groups excluding carboxylic acids is 1. The summed E-state index contributed by atoms with van der Waals surface area (Å²) < 4.78 is 26.2. The van der Waals surface area contributed by atoms with Crippen LogP contribution < -0.4 is 5.32 Å². The van der Waals surface area contributed by atoms with E-state index in [1.54, 1.807) is 19.1 Å². The number of hydrogen-bond acceptors (Lipinski definition) is 4. The summed E-state index contributed by atoms with van der Waals surface area (Å²) in [5.74, 6) is -0.132. The van der Waals surface area contributed by atoms with Gasteiger partial charge in [0.1, 0.15) is 0 Å². The molecule has 0 unspecified atom stereocenters. The Morgan fingerprint density at radius 1 is 1.29 bits per heavy atom. The molecule has 118 valence electrons. The van der Waals surface area contributed by atoms with Crippen LogP contribution in [-0.2, 0) is 21.4 Å². The molecule has 1 aromatic rings. The first-order valence-corrected chi connectivity index (χ1v) is 8.30. The zero-order valence-electron chi connectivity index (χ0n) is 12.4. The van der Waals surface area contributed by atoms with E-state index < -0.39 is 10.0 Å². The molecule has 0 atom stereocenters. The lowest BCUT2D eigenvalue weighted by molar-refractivity contribution is -0.119. The van der Waals surface area contributed by atoms with Gasteiger partial charge in [-0.25, -0.2) is 8.42 Å². The van der Waals surface area contributed by atoms with E-state index in [-0.39, 0.29) is 17.4 Å². The van der Waals surface area contributed by atoms with Crippen LogP contribution in [0.4, 0.5) is 0 Å². The van der Waals surface area contributed by atoms with Crippen LogP contribution in [0, 0.1) is 0 Å². The molecule has 0 fully saturated rings. The van der Waals surface area contributed by atoms with Crippen LogP contribution in [0.5, 0.6) is 0 Å². The molecule has 2 N–H and O–H groups in total. The molecule has 0 aliphatic carbocycles. The third kappa shape index (κ3) is 5.11. The molecule has 0 aliphatic rings. The van der Waals surface area contributed by atoms with Gasteiger partial charge < -0.3 is 10.4 Å². The first kappa shape index (κ1) is 17.6. The summed E-state index contributed by atoms with van der Waals surface area (Å²) in [6.07, 6.45) is 0.410. The summed E-state index contributed by atoms with van der Waals surface area (Å²) in [6.45, 7) is 4.18. The molecule has 1 amide bonds. The van der Waals surface area contributed by atoms with Crippen molar-refractivity contribution < 1.29 is 18.3 Å². The molecule has 1 rings (SSSR count). The van der Waals surface area contributed by atoms with E-state index in [4.69, 9.17) is 5.11 Å². The average Bonchev–Trinajstić information content (AvgIpc) is 2.46. The maximum Gasteiger partial charge on any atom is 0.243 e. The standard InChI is InChI=1S/C14H22N2O4S/c1-3-16(9-4-10-17)21(19,20)14-7-5-13(6-8-14)11-15-12(2)18/h5-8,17H,3-4,9-11H2,1-2H3,(H,15,18). The predicted octanol–water partition coefficient (Wildman–Crippen LogP) is 0.716. The topological polar surface area (TPSA) is 86.7 Å². The van der Waals surface area contributed by atoms with Crippen molar-refractivity contribution in [3.63, 3.8) is 0 Å². The highest BCUT2D eigenvalue weighted by atomic mass is 32.2. The normalized spacial score (nSPS) is 11.6. The first-order valence-electron chi connectivity index (χ1n) is 6.86. The van der Waals surface area contributed by atoms with Crippen molar-refractivity contribution in [2.45, 2.75) is 31.7 Å². The van der Waals surface area contributed by atoms with Gasteiger partial charge in [-0.05, 0) is 24.1 Å². The van der Waals surface area contributed by atoms with Gasteiger partial charge in [-0.2, -0.15) is 4.31 Å². The van der Waals surface area contributed by atoms with Crippen molar-refractivity contribution in [1.82, 2.24) is 9.62 Å². The van der Waals surface area contributed by atoms with Crippen molar-refractivity contribution in [2.24, 2.45) is 0 Å². The van der Waals surface area contributed by atoms with Crippen molar-refractivity contribution in [1.29, 1.82) is 0 Å². The number of nitrogens with one attached hydrogen (secondary N) is 1. The third-order valence-corrected chi connectivity index (χ3v) is 5.01. The molecule has 7 heteroatoms. The van der Waals surface area contributed by atoms with Crippen molar-refractivity contribution in [2.75, 3.05) is 19.7 Å². The van der Waals surface area contributed by atoms with Gasteiger partial charge >= 0.3 is 0 Å². The average molecular weight is 314 g/mol. The smallest absolute Gasteiger partial charge is 0.243 e. The van der Waals surface area contributed by atoms with Gasteiger partial charge in [0.2, 0.25) is 15.9 Å². The minimum absolute atomic E-state index is 0.0400. The lowest BCUT2D eigenvalue weighted by atomic mass is 10.2. The molecule has 0 radical (unpaired) electrons. The van der Waals surface area contributed by atoms with Crippen LogP contribution in [0.3, 0.4) is 0 Å². The molecule has 0 spiro atoms. The van der Waals surface area contributed by atoms with Crippen LogP contribution in [0.15, 0.2) is 29.2 Å². The summed E-state index contributed by atoms with van der Waals surface area (Å²) in [5, 5.41) is 11.5. The summed E-state index contributed by atoms with van der Waals surface area (Å²) in [7, 11) is -3.54. The SMILES string of the molecule is CCN(CCCO)S(=O)(=O)c1ccc(CNC(C)=O)cc1. The fraction of sp³-hybridized carbons (Fsp3) is 0.500. The number of benzene rings is 1. The van der Waals surface area contributed by atoms with Crippen LogP contribution >= 0.6 is 0 Å². The van der Waals surface area contributed by atoms with E-state index >= 15 is 0 Å².